The van der Waals surface area contributed by atoms with Crippen LogP contribution in [0.5, 0.6) is 0 Å². The summed E-state index contributed by atoms with van der Waals surface area (Å²) in [5.41, 5.74) is 1.77. The van der Waals surface area contributed by atoms with Crippen molar-refractivity contribution in [1.29, 1.82) is 0 Å². The maximum absolute atomic E-state index is 12.5. The van der Waals surface area contributed by atoms with Gasteiger partial charge in [-0.05, 0) is 57.9 Å². The standard InChI is InChI=1S/C22H30N4O3/c1-22(2,3)29-21(28)26-13-10-15(11-14-26)24-18-9-8-17(20(27)25(4)5)19-16(18)7-6-12-23-19/h6-9,12,15,24H,10-11,13-14H2,1-5H3. The van der Waals surface area contributed by atoms with Gasteiger partial charge in [0.1, 0.15) is 5.60 Å². The van der Waals surface area contributed by atoms with Crippen molar-refractivity contribution in [2.24, 2.45) is 0 Å². The number of nitrogens with zero attached hydrogens (tertiary/aromatic N) is 3. The van der Waals surface area contributed by atoms with Crippen LogP contribution in [0.3, 0.4) is 0 Å². The number of hydrogen-bond donors (Lipinski definition) is 1. The zero-order valence-corrected chi connectivity index (χ0v) is 17.9. The molecule has 1 aromatic heterocycles. The number of carbonyl (C=O) groups excluding carboxylic acids is 2. The Morgan fingerprint density at radius 1 is 1.17 bits per heavy atom. The smallest absolute Gasteiger partial charge is 0.410 e. The van der Waals surface area contributed by atoms with Crippen molar-refractivity contribution < 1.29 is 14.3 Å². The van der Waals surface area contributed by atoms with Gasteiger partial charge in [-0.15, -0.1) is 0 Å². The van der Waals surface area contributed by atoms with Gasteiger partial charge in [-0.25, -0.2) is 4.79 Å². The van der Waals surface area contributed by atoms with Crippen LogP contribution in [-0.4, -0.2) is 65.6 Å². The van der Waals surface area contributed by atoms with Gasteiger partial charge in [0.15, 0.2) is 0 Å². The summed E-state index contributed by atoms with van der Waals surface area (Å²) in [4.78, 5) is 32.5. The molecule has 2 aromatic rings. The third-order valence-corrected chi connectivity index (χ3v) is 4.91. The van der Waals surface area contributed by atoms with Crippen LogP contribution in [0.4, 0.5) is 10.5 Å². The number of nitrogens with one attached hydrogen (secondary N) is 1. The van der Waals surface area contributed by atoms with Gasteiger partial charge >= 0.3 is 6.09 Å². The highest BCUT2D eigenvalue weighted by atomic mass is 16.6. The minimum absolute atomic E-state index is 0.0640. The van der Waals surface area contributed by atoms with E-state index in [0.29, 0.717) is 24.2 Å². The summed E-state index contributed by atoms with van der Waals surface area (Å²) >= 11 is 0. The summed E-state index contributed by atoms with van der Waals surface area (Å²) < 4.78 is 5.47. The van der Waals surface area contributed by atoms with Crippen LogP contribution in [0.1, 0.15) is 44.0 Å². The first-order valence-corrected chi connectivity index (χ1v) is 9.99. The zero-order chi connectivity index (χ0) is 21.2. The van der Waals surface area contributed by atoms with E-state index in [1.54, 1.807) is 30.1 Å². The summed E-state index contributed by atoms with van der Waals surface area (Å²) in [5.74, 6) is -0.0640. The molecule has 1 aliphatic rings. The number of benzene rings is 1. The first kappa shape index (κ1) is 20.9. The maximum Gasteiger partial charge on any atom is 0.410 e. The average Bonchev–Trinajstić information content (AvgIpc) is 2.67. The fourth-order valence-corrected chi connectivity index (χ4v) is 3.46. The molecule has 7 nitrogen and oxygen atoms in total. The predicted octanol–water partition coefficient (Wildman–Crippen LogP) is 3.75. The number of piperidine rings is 1. The molecule has 7 heteroatoms. The van der Waals surface area contributed by atoms with Crippen LogP contribution in [0.15, 0.2) is 30.5 Å². The Hall–Kier alpha value is -2.83. The molecule has 0 bridgehead atoms. The highest BCUT2D eigenvalue weighted by molar-refractivity contribution is 6.08. The SMILES string of the molecule is CN(C)C(=O)c1ccc(NC2CCN(C(=O)OC(C)(C)C)CC2)c2cccnc12. The molecule has 1 aromatic carbocycles. The molecule has 1 aliphatic heterocycles. The molecule has 3 rings (SSSR count). The number of fused-ring (bicyclic) bond motifs is 1. The molecule has 1 N–H and O–H groups in total. The highest BCUT2D eigenvalue weighted by Gasteiger charge is 2.27. The minimum atomic E-state index is -0.482. The second-order valence-corrected chi connectivity index (χ2v) is 8.65. The van der Waals surface area contributed by atoms with Crippen LogP contribution < -0.4 is 5.32 Å². The fraction of sp³-hybridized carbons (Fsp3) is 0.500. The Kier molecular flexibility index (Phi) is 5.96. The van der Waals surface area contributed by atoms with Crippen molar-refractivity contribution in [1.82, 2.24) is 14.8 Å². The van der Waals surface area contributed by atoms with E-state index in [2.05, 4.69) is 10.3 Å². The third-order valence-electron chi connectivity index (χ3n) is 4.91. The van der Waals surface area contributed by atoms with Crippen molar-refractivity contribution in [2.75, 3.05) is 32.5 Å². The van der Waals surface area contributed by atoms with E-state index in [1.807, 2.05) is 45.0 Å². The molecule has 0 saturated carbocycles. The normalized spacial score (nSPS) is 15.3. The Balaban J connectivity index is 1.71. The Morgan fingerprint density at radius 3 is 2.48 bits per heavy atom. The number of likely N-dealkylation sites (tertiary alicyclic amines) is 1. The predicted molar refractivity (Wildman–Crippen MR) is 114 cm³/mol. The van der Waals surface area contributed by atoms with E-state index < -0.39 is 5.60 Å². The van der Waals surface area contributed by atoms with E-state index in [-0.39, 0.29) is 18.0 Å². The molecule has 2 amide bonds. The van der Waals surface area contributed by atoms with Crippen LogP contribution in [-0.2, 0) is 4.74 Å². The van der Waals surface area contributed by atoms with Crippen LogP contribution in [0.2, 0.25) is 0 Å². The number of anilines is 1. The molecule has 0 spiro atoms. The van der Waals surface area contributed by atoms with Gasteiger partial charge in [0, 0.05) is 50.5 Å². The van der Waals surface area contributed by atoms with Crippen molar-refractivity contribution in [3.05, 3.63) is 36.0 Å². The van der Waals surface area contributed by atoms with E-state index in [1.165, 1.54) is 0 Å². The molecule has 0 radical (unpaired) electrons. The lowest BCUT2D eigenvalue weighted by molar-refractivity contribution is 0.0210. The first-order chi connectivity index (χ1) is 13.7. The molecule has 1 fully saturated rings. The number of hydrogen-bond acceptors (Lipinski definition) is 5. The summed E-state index contributed by atoms with van der Waals surface area (Å²) in [6, 6.07) is 7.87. The van der Waals surface area contributed by atoms with Gasteiger partial charge in [-0.2, -0.15) is 0 Å². The van der Waals surface area contributed by atoms with Gasteiger partial charge in [0.2, 0.25) is 0 Å². The van der Waals surface area contributed by atoms with E-state index in [9.17, 15) is 9.59 Å². The molecule has 29 heavy (non-hydrogen) atoms. The van der Waals surface area contributed by atoms with Gasteiger partial charge in [0.05, 0.1) is 11.1 Å². The van der Waals surface area contributed by atoms with Crippen molar-refractivity contribution in [3.63, 3.8) is 0 Å². The van der Waals surface area contributed by atoms with E-state index >= 15 is 0 Å². The fourth-order valence-electron chi connectivity index (χ4n) is 3.46. The van der Waals surface area contributed by atoms with Crippen molar-refractivity contribution >= 4 is 28.6 Å². The van der Waals surface area contributed by atoms with Gasteiger partial charge in [0.25, 0.3) is 5.91 Å². The van der Waals surface area contributed by atoms with Crippen LogP contribution in [0.25, 0.3) is 10.9 Å². The number of carbonyl (C=O) groups is 2. The topological polar surface area (TPSA) is 74.8 Å². The van der Waals surface area contributed by atoms with Crippen LogP contribution >= 0.6 is 0 Å². The van der Waals surface area contributed by atoms with Crippen molar-refractivity contribution in [2.45, 2.75) is 45.3 Å². The maximum atomic E-state index is 12.5. The Bertz CT molecular complexity index is 897. The van der Waals surface area contributed by atoms with Gasteiger partial charge in [-0.1, -0.05) is 0 Å². The van der Waals surface area contributed by atoms with Crippen molar-refractivity contribution in [3.8, 4) is 0 Å². The van der Waals surface area contributed by atoms with Gasteiger partial charge in [-0.3, -0.25) is 9.78 Å². The summed E-state index contributed by atoms with van der Waals surface area (Å²) in [7, 11) is 3.48. The lowest BCUT2D eigenvalue weighted by Gasteiger charge is -2.34. The summed E-state index contributed by atoms with van der Waals surface area (Å²) in [6.45, 7) is 6.94. The lowest BCUT2D eigenvalue weighted by atomic mass is 10.0. The number of pyridine rings is 1. The molecule has 156 valence electrons. The number of aromatic nitrogens is 1. The number of ether oxygens (including phenoxy) is 1. The second kappa shape index (κ2) is 8.27. The minimum Gasteiger partial charge on any atom is -0.444 e. The number of rotatable bonds is 3. The zero-order valence-electron chi connectivity index (χ0n) is 17.9. The largest absolute Gasteiger partial charge is 0.444 e. The highest BCUT2D eigenvalue weighted by Crippen LogP contribution is 2.28. The Morgan fingerprint density at radius 2 is 1.86 bits per heavy atom. The molecule has 2 heterocycles. The van der Waals surface area contributed by atoms with E-state index in [4.69, 9.17) is 4.74 Å². The summed E-state index contributed by atoms with van der Waals surface area (Å²) in [5, 5.41) is 4.51. The average molecular weight is 399 g/mol. The quantitative estimate of drug-likeness (QED) is 0.852. The third kappa shape index (κ3) is 4.96. The second-order valence-electron chi connectivity index (χ2n) is 8.65. The Labute approximate surface area is 172 Å². The van der Waals surface area contributed by atoms with E-state index in [0.717, 1.165) is 23.9 Å². The summed E-state index contributed by atoms with van der Waals surface area (Å²) in [6.07, 6.45) is 3.12. The first-order valence-electron chi connectivity index (χ1n) is 9.99. The lowest BCUT2D eigenvalue weighted by Crippen LogP contribution is -2.44. The van der Waals surface area contributed by atoms with Gasteiger partial charge < -0.3 is 19.9 Å². The molecule has 1 saturated heterocycles. The molecular formula is C22H30N4O3. The molecule has 0 aliphatic carbocycles. The monoisotopic (exact) mass is 398 g/mol. The number of amides is 2. The van der Waals surface area contributed by atoms with Crippen LogP contribution in [0, 0.1) is 0 Å². The molecular weight excluding hydrogens is 368 g/mol. The molecule has 0 atom stereocenters. The molecule has 0 unspecified atom stereocenters.